The third-order valence-corrected chi connectivity index (χ3v) is 5.71. The van der Waals surface area contributed by atoms with Gasteiger partial charge in [0, 0.05) is 38.0 Å². The fourth-order valence-corrected chi connectivity index (χ4v) is 4.03. The molecule has 176 valence electrons. The number of aromatic nitrogens is 2. The van der Waals surface area contributed by atoms with E-state index in [4.69, 9.17) is 0 Å². The van der Waals surface area contributed by atoms with Crippen molar-refractivity contribution in [1.29, 1.82) is 0 Å². The summed E-state index contributed by atoms with van der Waals surface area (Å²) < 4.78 is 39.7. The maximum atomic E-state index is 13.3. The van der Waals surface area contributed by atoms with Crippen LogP contribution in [0.3, 0.4) is 0 Å². The predicted octanol–water partition coefficient (Wildman–Crippen LogP) is 2.94. The number of benzene rings is 1. The van der Waals surface area contributed by atoms with E-state index in [1.165, 1.54) is 4.90 Å². The highest BCUT2D eigenvalue weighted by Gasteiger charge is 2.36. The number of hydrogen-bond acceptors (Lipinski definition) is 6. The Balaban J connectivity index is 1.39. The lowest BCUT2D eigenvalue weighted by Gasteiger charge is -2.40. The topological polar surface area (TPSA) is 102 Å². The summed E-state index contributed by atoms with van der Waals surface area (Å²) in [6.07, 6.45) is 0. The number of halogens is 3. The largest absolute Gasteiger partial charge is 0.348 e. The lowest BCUT2D eigenvalue weighted by molar-refractivity contribution is -0.118. The van der Waals surface area contributed by atoms with Gasteiger partial charge in [-0.1, -0.05) is 13.8 Å². The molecule has 2 aromatic rings. The molecule has 0 aliphatic carbocycles. The smallest absolute Gasteiger partial charge is 0.321 e. The summed E-state index contributed by atoms with van der Waals surface area (Å²) in [5.74, 6) is -3.40. The molecule has 3 heterocycles. The zero-order chi connectivity index (χ0) is 24.0. The fourth-order valence-electron chi connectivity index (χ4n) is 4.03. The van der Waals surface area contributed by atoms with Crippen LogP contribution in [0.5, 0.6) is 0 Å². The third kappa shape index (κ3) is 4.24. The number of fused-ring (bicyclic) bond motifs is 1. The van der Waals surface area contributed by atoms with Gasteiger partial charge in [-0.2, -0.15) is 4.98 Å². The zero-order valence-corrected chi connectivity index (χ0v) is 18.5. The van der Waals surface area contributed by atoms with Crippen molar-refractivity contribution in [2.75, 3.05) is 41.0 Å². The number of amides is 3. The van der Waals surface area contributed by atoms with E-state index in [0.717, 1.165) is 12.1 Å². The van der Waals surface area contributed by atoms with Crippen molar-refractivity contribution in [1.82, 2.24) is 14.9 Å². The van der Waals surface area contributed by atoms with E-state index in [9.17, 15) is 22.8 Å². The van der Waals surface area contributed by atoms with Crippen molar-refractivity contribution in [3.8, 4) is 0 Å². The number of nitrogens with zero attached hydrogens (tertiary/aromatic N) is 4. The normalized spacial score (nSPS) is 18.1. The van der Waals surface area contributed by atoms with E-state index in [1.54, 1.807) is 6.92 Å². The molecule has 3 N–H and O–H groups in total. The minimum absolute atomic E-state index is 0.0802. The third-order valence-electron chi connectivity index (χ3n) is 5.71. The molecule has 0 radical (unpaired) electrons. The van der Waals surface area contributed by atoms with Crippen LogP contribution in [0.25, 0.3) is 0 Å². The second-order valence-electron chi connectivity index (χ2n) is 8.55. The summed E-state index contributed by atoms with van der Waals surface area (Å²) in [6.45, 7) is 6.30. The summed E-state index contributed by atoms with van der Waals surface area (Å²) in [7, 11) is 1.81. The number of hydrogen-bond donors (Lipinski definition) is 3. The highest BCUT2D eigenvalue weighted by atomic mass is 19.2. The summed E-state index contributed by atoms with van der Waals surface area (Å²) >= 11 is 0. The Hall–Kier alpha value is -3.57. The molecule has 3 amide bonds. The molecule has 2 aliphatic rings. The molecule has 1 atom stereocenters. The van der Waals surface area contributed by atoms with Crippen molar-refractivity contribution in [2.45, 2.75) is 32.9 Å². The van der Waals surface area contributed by atoms with Gasteiger partial charge in [-0.25, -0.2) is 22.9 Å². The quantitative estimate of drug-likeness (QED) is 0.603. The van der Waals surface area contributed by atoms with Crippen LogP contribution in [0.2, 0.25) is 0 Å². The predicted molar refractivity (Wildman–Crippen MR) is 117 cm³/mol. The first-order chi connectivity index (χ1) is 15.5. The Labute approximate surface area is 188 Å². The van der Waals surface area contributed by atoms with Gasteiger partial charge in [0.2, 0.25) is 11.9 Å². The minimum atomic E-state index is -1.59. The summed E-state index contributed by atoms with van der Waals surface area (Å²) in [4.78, 5) is 37.0. The molecule has 1 unspecified atom stereocenters. The van der Waals surface area contributed by atoms with Gasteiger partial charge in [-0.05, 0) is 12.8 Å². The van der Waals surface area contributed by atoms with E-state index >= 15 is 0 Å². The first kappa shape index (κ1) is 22.6. The van der Waals surface area contributed by atoms with Crippen LogP contribution in [-0.4, -0.2) is 59.0 Å². The molecule has 2 aliphatic heterocycles. The molecule has 4 rings (SSSR count). The number of urea groups is 1. The molecule has 1 aromatic heterocycles. The number of aryl methyl sites for hydroxylation is 1. The molecular weight excluding hydrogens is 439 g/mol. The van der Waals surface area contributed by atoms with Crippen molar-refractivity contribution in [3.63, 3.8) is 0 Å². The number of likely N-dealkylation sites (tertiary alicyclic amines) is 1. The Morgan fingerprint density at radius 2 is 1.82 bits per heavy atom. The lowest BCUT2D eigenvalue weighted by Crippen LogP contribution is -2.58. The minimum Gasteiger partial charge on any atom is -0.348 e. The van der Waals surface area contributed by atoms with Crippen molar-refractivity contribution in [3.05, 3.63) is 35.3 Å². The van der Waals surface area contributed by atoms with Gasteiger partial charge < -0.3 is 25.8 Å². The van der Waals surface area contributed by atoms with Crippen LogP contribution in [0, 0.1) is 30.3 Å². The Kier molecular flexibility index (Phi) is 5.76. The van der Waals surface area contributed by atoms with Crippen LogP contribution in [-0.2, 0) is 4.79 Å². The summed E-state index contributed by atoms with van der Waals surface area (Å²) in [5, 5.41) is 8.40. The first-order valence-electron chi connectivity index (χ1n) is 10.4. The highest BCUT2D eigenvalue weighted by Crippen LogP contribution is 2.34. The second-order valence-corrected chi connectivity index (χ2v) is 8.55. The van der Waals surface area contributed by atoms with Crippen LogP contribution >= 0.6 is 0 Å². The molecule has 9 nitrogen and oxygen atoms in total. The highest BCUT2D eigenvalue weighted by molar-refractivity contribution is 6.03. The molecule has 33 heavy (non-hydrogen) atoms. The van der Waals surface area contributed by atoms with E-state index < -0.39 is 23.5 Å². The van der Waals surface area contributed by atoms with Gasteiger partial charge in [0.25, 0.3) is 0 Å². The Bertz CT molecular complexity index is 1100. The monoisotopic (exact) mass is 463 g/mol. The Morgan fingerprint density at radius 3 is 2.42 bits per heavy atom. The van der Waals surface area contributed by atoms with Crippen LogP contribution in [0.4, 0.5) is 41.1 Å². The van der Waals surface area contributed by atoms with E-state index in [0.29, 0.717) is 36.2 Å². The molecule has 0 saturated carbocycles. The van der Waals surface area contributed by atoms with Gasteiger partial charge >= 0.3 is 6.03 Å². The summed E-state index contributed by atoms with van der Waals surface area (Å²) in [5.41, 5.74) is 1.00. The maximum Gasteiger partial charge on any atom is 0.321 e. The van der Waals surface area contributed by atoms with Gasteiger partial charge in [-0.15, -0.1) is 0 Å². The average molecular weight is 463 g/mol. The van der Waals surface area contributed by atoms with Gasteiger partial charge in [0.05, 0.1) is 11.7 Å². The van der Waals surface area contributed by atoms with Crippen LogP contribution in [0.15, 0.2) is 12.1 Å². The van der Waals surface area contributed by atoms with E-state index in [1.807, 2.05) is 25.8 Å². The maximum absolute atomic E-state index is 13.3. The molecule has 0 bridgehead atoms. The molecule has 1 aromatic carbocycles. The van der Waals surface area contributed by atoms with Crippen LogP contribution < -0.4 is 20.9 Å². The first-order valence-corrected chi connectivity index (χ1v) is 10.4. The second kappa shape index (κ2) is 8.41. The summed E-state index contributed by atoms with van der Waals surface area (Å²) in [6, 6.07) is 0.371. The lowest BCUT2D eigenvalue weighted by atomic mass is 9.99. The number of carbonyl (C=O) groups is 2. The SMILES string of the molecule is Cc1nc(NC2CN(C(=O)Nc3cc(F)c(F)c(F)c3)C2)nc2c1NC(=O)C(C(C)C)N2C. The van der Waals surface area contributed by atoms with Crippen molar-refractivity contribution >= 4 is 35.1 Å². The van der Waals surface area contributed by atoms with Gasteiger partial charge in [0.15, 0.2) is 23.3 Å². The number of likely N-dealkylation sites (N-methyl/N-ethyl adjacent to an activating group) is 1. The molecule has 12 heteroatoms. The molecule has 1 saturated heterocycles. The molecule has 1 fully saturated rings. The average Bonchev–Trinajstić information content (AvgIpc) is 2.69. The van der Waals surface area contributed by atoms with Gasteiger partial charge in [0.1, 0.15) is 11.7 Å². The van der Waals surface area contributed by atoms with E-state index in [2.05, 4.69) is 25.9 Å². The molecule has 0 spiro atoms. The zero-order valence-electron chi connectivity index (χ0n) is 18.5. The standard InChI is InChI=1S/C21H24F3N7O2/c1-9(2)17-19(32)28-16-10(3)25-20(29-18(16)30(17)4)26-12-7-31(8-12)21(33)27-11-5-13(22)15(24)14(23)6-11/h5-6,9,12,17H,7-8H2,1-4H3,(H,27,33)(H,28,32)(H,25,26,29). The number of nitrogens with one attached hydrogen (secondary N) is 3. The molecular formula is C21H24F3N7O2. The number of carbonyl (C=O) groups excluding carboxylic acids is 2. The van der Waals surface area contributed by atoms with Gasteiger partial charge in [-0.3, -0.25) is 4.79 Å². The van der Waals surface area contributed by atoms with Crippen molar-refractivity contribution in [2.24, 2.45) is 5.92 Å². The fraction of sp³-hybridized carbons (Fsp3) is 0.429. The van der Waals surface area contributed by atoms with E-state index in [-0.39, 0.29) is 29.6 Å². The Morgan fingerprint density at radius 1 is 1.18 bits per heavy atom. The number of rotatable bonds is 4. The van der Waals surface area contributed by atoms with Crippen LogP contribution in [0.1, 0.15) is 19.5 Å². The van der Waals surface area contributed by atoms with Crippen molar-refractivity contribution < 1.29 is 22.8 Å². The number of anilines is 4.